The number of anilines is 1. The first kappa shape index (κ1) is 34.6. The van der Waals surface area contributed by atoms with Gasteiger partial charge < -0.3 is 28.7 Å². The molecule has 1 heterocycles. The molecule has 1 amide bonds. The fourth-order valence-corrected chi connectivity index (χ4v) is 7.39. The van der Waals surface area contributed by atoms with Crippen molar-refractivity contribution in [1.29, 1.82) is 0 Å². The van der Waals surface area contributed by atoms with Gasteiger partial charge in [0.15, 0.2) is 0 Å². The predicted molar refractivity (Wildman–Crippen MR) is 186 cm³/mol. The first-order valence-corrected chi connectivity index (χ1v) is 17.3. The molecule has 10 nitrogen and oxygen atoms in total. The second kappa shape index (κ2) is 15.4. The van der Waals surface area contributed by atoms with Gasteiger partial charge >= 0.3 is 0 Å². The van der Waals surface area contributed by atoms with E-state index in [2.05, 4.69) is 0 Å². The number of aryl methyl sites for hydroxylation is 1. The Kier molecular flexibility index (Phi) is 11.1. The fourth-order valence-electron chi connectivity index (χ4n) is 5.82. The summed E-state index contributed by atoms with van der Waals surface area (Å²) in [7, 11) is 2.33. The molecule has 0 aromatic heterocycles. The lowest BCUT2D eigenvalue weighted by molar-refractivity contribution is -0.136. The van der Waals surface area contributed by atoms with E-state index in [0.29, 0.717) is 29.5 Å². The highest BCUT2D eigenvalue weighted by Gasteiger charge is 2.42. The Morgan fingerprint density at radius 1 is 0.688 bits per heavy atom. The Bertz CT molecular complexity index is 1710. The minimum atomic E-state index is -4.03. The highest BCUT2D eigenvalue weighted by molar-refractivity contribution is 7.89. The smallest absolute Gasteiger partial charge is 0.243 e. The van der Waals surface area contributed by atoms with E-state index in [0.717, 1.165) is 28.8 Å². The van der Waals surface area contributed by atoms with E-state index in [1.54, 1.807) is 51.5 Å². The van der Waals surface area contributed by atoms with Crippen molar-refractivity contribution in [3.05, 3.63) is 108 Å². The minimum Gasteiger partial charge on any atom is -0.497 e. The van der Waals surface area contributed by atoms with Crippen molar-refractivity contribution in [1.82, 2.24) is 9.21 Å². The molecular weight excluding hydrogens is 630 g/mol. The van der Waals surface area contributed by atoms with Gasteiger partial charge in [0.1, 0.15) is 29.0 Å². The van der Waals surface area contributed by atoms with E-state index in [1.807, 2.05) is 84.6 Å². The molecule has 5 rings (SSSR count). The number of nitrogens with zero attached hydrogens (tertiary/aromatic N) is 3. The largest absolute Gasteiger partial charge is 0.497 e. The lowest BCUT2D eigenvalue weighted by Gasteiger charge is -2.42. The lowest BCUT2D eigenvalue weighted by atomic mass is 10.1. The number of sulfonamides is 1. The molecule has 1 saturated heterocycles. The Balaban J connectivity index is 1.55. The molecule has 1 aliphatic heterocycles. The van der Waals surface area contributed by atoms with Crippen LogP contribution in [0.1, 0.15) is 23.6 Å². The first-order chi connectivity index (χ1) is 23.2. The Morgan fingerprint density at radius 3 is 1.62 bits per heavy atom. The molecule has 4 aromatic carbocycles. The molecule has 48 heavy (non-hydrogen) atoms. The predicted octanol–water partition coefficient (Wildman–Crippen LogP) is 5.39. The maximum Gasteiger partial charge on any atom is 0.243 e. The Hall–Kier alpha value is -4.74. The van der Waals surface area contributed by atoms with Crippen LogP contribution in [0.4, 0.5) is 5.69 Å². The third kappa shape index (κ3) is 7.86. The topological polar surface area (TPSA) is 97.9 Å². The number of carbonyl (C=O) groups is 1. The number of hydrogen-bond acceptors (Lipinski definition) is 8. The van der Waals surface area contributed by atoms with Crippen LogP contribution in [-0.2, 0) is 34.3 Å². The van der Waals surface area contributed by atoms with Crippen molar-refractivity contribution in [3.8, 4) is 23.0 Å². The van der Waals surface area contributed by atoms with E-state index < -0.39 is 16.1 Å². The van der Waals surface area contributed by atoms with Crippen LogP contribution >= 0.6 is 0 Å². The Morgan fingerprint density at radius 2 is 1.17 bits per heavy atom. The molecule has 0 N–H and O–H groups in total. The van der Waals surface area contributed by atoms with Crippen molar-refractivity contribution < 1.29 is 32.2 Å². The molecule has 1 fully saturated rings. The quantitative estimate of drug-likeness (QED) is 0.186. The minimum absolute atomic E-state index is 0.104. The summed E-state index contributed by atoms with van der Waals surface area (Å²) in [6, 6.07) is 26.4. The highest BCUT2D eigenvalue weighted by atomic mass is 32.2. The van der Waals surface area contributed by atoms with Crippen LogP contribution in [0.2, 0.25) is 0 Å². The van der Waals surface area contributed by atoms with Crippen LogP contribution in [0, 0.1) is 0 Å². The molecule has 4 aromatic rings. The van der Waals surface area contributed by atoms with Crippen molar-refractivity contribution in [2.45, 2.75) is 37.4 Å². The zero-order valence-electron chi connectivity index (χ0n) is 28.1. The van der Waals surface area contributed by atoms with E-state index >= 15 is 0 Å². The molecule has 0 aliphatic carbocycles. The number of methoxy groups -OCH3 is 4. The molecule has 0 unspecified atom stereocenters. The fraction of sp³-hybridized carbons (Fsp3) is 0.324. The van der Waals surface area contributed by atoms with Gasteiger partial charge in [0.2, 0.25) is 15.9 Å². The maximum atomic E-state index is 14.9. The van der Waals surface area contributed by atoms with Crippen LogP contribution in [0.5, 0.6) is 23.0 Å². The maximum absolute atomic E-state index is 14.9. The normalized spacial score (nSPS) is 15.1. The summed E-state index contributed by atoms with van der Waals surface area (Å²) in [5.41, 5.74) is 3.56. The van der Waals surface area contributed by atoms with Crippen LogP contribution in [0.15, 0.2) is 95.9 Å². The highest BCUT2D eigenvalue weighted by Crippen LogP contribution is 2.32. The second-order valence-electron chi connectivity index (χ2n) is 11.5. The molecule has 11 heteroatoms. The van der Waals surface area contributed by atoms with Crippen LogP contribution in [-0.4, -0.2) is 77.6 Å². The molecule has 1 aliphatic rings. The summed E-state index contributed by atoms with van der Waals surface area (Å²) in [4.78, 5) is 18.7. The van der Waals surface area contributed by atoms with Gasteiger partial charge in [0, 0.05) is 56.6 Å². The number of rotatable bonds is 13. The van der Waals surface area contributed by atoms with E-state index in [9.17, 15) is 13.2 Å². The molecule has 0 bridgehead atoms. The standard InChI is InChI=1S/C37H43N3O7S/c1-6-27-11-17-35(18-12-27)48(42,43)40-20-19-38(30-21-33(46-4)23-34(22-30)47-5)26-36(40)37(41)39(24-28-7-13-31(44-2)14-8-28)25-29-9-15-32(45-3)16-10-29/h7-18,21-23,36H,6,19-20,24-26H2,1-5H3/t36-/m0/s1. The van der Waals surface area contributed by atoms with Gasteiger partial charge in [0.05, 0.1) is 33.3 Å². The van der Waals surface area contributed by atoms with Crippen LogP contribution < -0.4 is 23.8 Å². The average Bonchev–Trinajstić information content (AvgIpc) is 3.14. The van der Waals surface area contributed by atoms with E-state index in [1.165, 1.54) is 4.31 Å². The molecular formula is C37H43N3O7S. The summed E-state index contributed by atoms with van der Waals surface area (Å²) < 4.78 is 51.7. The van der Waals surface area contributed by atoms with Crippen LogP contribution in [0.25, 0.3) is 0 Å². The van der Waals surface area contributed by atoms with Gasteiger partial charge in [-0.1, -0.05) is 43.3 Å². The Labute approximate surface area is 283 Å². The first-order valence-electron chi connectivity index (χ1n) is 15.8. The summed E-state index contributed by atoms with van der Waals surface area (Å²) in [6.45, 7) is 3.14. The molecule has 0 saturated carbocycles. The molecule has 0 radical (unpaired) electrons. The van der Waals surface area contributed by atoms with Crippen molar-refractivity contribution in [2.24, 2.45) is 0 Å². The second-order valence-corrected chi connectivity index (χ2v) is 13.4. The van der Waals surface area contributed by atoms with Crippen molar-refractivity contribution in [3.63, 3.8) is 0 Å². The van der Waals surface area contributed by atoms with Gasteiger partial charge in [0.25, 0.3) is 0 Å². The number of piperazine rings is 1. The monoisotopic (exact) mass is 673 g/mol. The zero-order valence-corrected chi connectivity index (χ0v) is 28.9. The number of carbonyl (C=O) groups excluding carboxylic acids is 1. The van der Waals surface area contributed by atoms with Gasteiger partial charge in [-0.2, -0.15) is 4.31 Å². The zero-order chi connectivity index (χ0) is 34.3. The molecule has 1 atom stereocenters. The van der Waals surface area contributed by atoms with Gasteiger partial charge in [-0.05, 0) is 59.5 Å². The summed E-state index contributed by atoms with van der Waals surface area (Å²) in [5.74, 6) is 2.29. The summed E-state index contributed by atoms with van der Waals surface area (Å²) in [5, 5.41) is 0. The SMILES string of the molecule is CCc1ccc(S(=O)(=O)N2CCN(c3cc(OC)cc(OC)c3)C[C@H]2C(=O)N(Cc2ccc(OC)cc2)Cc2ccc(OC)cc2)cc1. The average molecular weight is 674 g/mol. The van der Waals surface area contributed by atoms with Gasteiger partial charge in [-0.15, -0.1) is 0 Å². The van der Waals surface area contributed by atoms with Gasteiger partial charge in [-0.25, -0.2) is 8.42 Å². The van der Waals surface area contributed by atoms with Crippen molar-refractivity contribution in [2.75, 3.05) is 53.0 Å². The summed E-state index contributed by atoms with van der Waals surface area (Å²) >= 11 is 0. The number of benzene rings is 4. The lowest BCUT2D eigenvalue weighted by Crippen LogP contribution is -2.61. The molecule has 254 valence electrons. The number of amides is 1. The molecule has 0 spiro atoms. The third-order valence-electron chi connectivity index (χ3n) is 8.63. The van der Waals surface area contributed by atoms with E-state index in [-0.39, 0.29) is 37.0 Å². The number of ether oxygens (including phenoxy) is 4. The van der Waals surface area contributed by atoms with Crippen molar-refractivity contribution >= 4 is 21.6 Å². The third-order valence-corrected chi connectivity index (χ3v) is 10.6. The van der Waals surface area contributed by atoms with E-state index in [4.69, 9.17) is 18.9 Å². The number of hydrogen-bond donors (Lipinski definition) is 0. The van der Waals surface area contributed by atoms with Crippen LogP contribution in [0.3, 0.4) is 0 Å². The summed E-state index contributed by atoms with van der Waals surface area (Å²) in [6.07, 6.45) is 0.787. The van der Waals surface area contributed by atoms with Gasteiger partial charge in [-0.3, -0.25) is 4.79 Å².